The molecule has 1 aromatic heterocycles. The first-order valence-electron chi connectivity index (χ1n) is 6.19. The van der Waals surface area contributed by atoms with E-state index < -0.39 is 0 Å². The number of rotatable bonds is 4. The van der Waals surface area contributed by atoms with Crippen molar-refractivity contribution >= 4 is 0 Å². The molecule has 2 aromatic rings. The fourth-order valence-electron chi connectivity index (χ4n) is 1.85. The summed E-state index contributed by atoms with van der Waals surface area (Å²) in [5, 5.41) is 0. The van der Waals surface area contributed by atoms with Gasteiger partial charge in [0.15, 0.2) is 0 Å². The highest BCUT2D eigenvalue weighted by molar-refractivity contribution is 5.65. The van der Waals surface area contributed by atoms with Crippen molar-refractivity contribution in [2.75, 3.05) is 0 Å². The highest BCUT2D eigenvalue weighted by Crippen LogP contribution is 2.22. The number of nitrogens with zero attached hydrogens (tertiary/aromatic N) is 1. The summed E-state index contributed by atoms with van der Waals surface area (Å²) in [6.45, 7) is 2.01. The third kappa shape index (κ3) is 3.17. The molecule has 90 valence electrons. The van der Waals surface area contributed by atoms with Crippen molar-refractivity contribution < 1.29 is 0 Å². The van der Waals surface area contributed by atoms with E-state index in [0.717, 1.165) is 12.1 Å². The van der Waals surface area contributed by atoms with Crippen molar-refractivity contribution in [2.24, 2.45) is 0 Å². The highest BCUT2D eigenvalue weighted by atomic mass is 14.7. The predicted molar refractivity (Wildman–Crippen MR) is 77.3 cm³/mol. The first kappa shape index (κ1) is 12.3. The Morgan fingerprint density at radius 1 is 1.00 bits per heavy atom. The Balaban J connectivity index is 2.26. The van der Waals surface area contributed by atoms with Crippen molar-refractivity contribution in [1.82, 2.24) is 4.98 Å². The summed E-state index contributed by atoms with van der Waals surface area (Å²) in [4.78, 5) is 4.48. The molecule has 1 nitrogen and oxygen atoms in total. The fraction of sp³-hybridized carbons (Fsp3) is 0.118. The molecule has 1 heterocycles. The summed E-state index contributed by atoms with van der Waals surface area (Å²) < 4.78 is 0. The Hall–Kier alpha value is -2.15. The van der Waals surface area contributed by atoms with Gasteiger partial charge in [-0.3, -0.25) is 4.98 Å². The van der Waals surface area contributed by atoms with Gasteiger partial charge in [-0.25, -0.2) is 0 Å². The number of hydrogen-bond acceptors (Lipinski definition) is 1. The molecular formula is C17H17N. The lowest BCUT2D eigenvalue weighted by molar-refractivity contribution is 1.11. The number of pyridine rings is 1. The molecule has 0 aliphatic carbocycles. The summed E-state index contributed by atoms with van der Waals surface area (Å²) in [7, 11) is 0. The number of allylic oxidation sites excluding steroid dienone is 4. The maximum Gasteiger partial charge on any atom is 0.0519 e. The van der Waals surface area contributed by atoms with E-state index in [-0.39, 0.29) is 0 Å². The van der Waals surface area contributed by atoms with Crippen LogP contribution in [0.2, 0.25) is 0 Å². The highest BCUT2D eigenvalue weighted by Gasteiger charge is 2.03. The van der Waals surface area contributed by atoms with Crippen LogP contribution in [0.3, 0.4) is 0 Å². The second-order valence-electron chi connectivity index (χ2n) is 4.02. The first-order valence-corrected chi connectivity index (χ1v) is 6.19. The SMILES string of the molecule is C/C=C\C=C/Cc1ncccc1-c1ccccc1. The predicted octanol–water partition coefficient (Wildman–Crippen LogP) is 4.42. The Kier molecular flexibility index (Phi) is 4.48. The fourth-order valence-corrected chi connectivity index (χ4v) is 1.85. The molecule has 0 radical (unpaired) electrons. The molecule has 1 aromatic carbocycles. The molecular weight excluding hydrogens is 218 g/mol. The van der Waals surface area contributed by atoms with Crippen LogP contribution >= 0.6 is 0 Å². The lowest BCUT2D eigenvalue weighted by Crippen LogP contribution is -1.91. The normalized spacial score (nSPS) is 11.4. The molecule has 0 unspecified atom stereocenters. The van der Waals surface area contributed by atoms with Gasteiger partial charge in [-0.1, -0.05) is 60.7 Å². The van der Waals surface area contributed by atoms with Gasteiger partial charge >= 0.3 is 0 Å². The van der Waals surface area contributed by atoms with Gasteiger partial charge in [-0.05, 0) is 18.6 Å². The van der Waals surface area contributed by atoms with Gasteiger partial charge in [0.05, 0.1) is 5.69 Å². The quantitative estimate of drug-likeness (QED) is 0.715. The zero-order valence-corrected chi connectivity index (χ0v) is 10.6. The Labute approximate surface area is 109 Å². The molecule has 1 heteroatoms. The van der Waals surface area contributed by atoms with Crippen molar-refractivity contribution in [3.63, 3.8) is 0 Å². The Bertz CT molecular complexity index is 539. The monoisotopic (exact) mass is 235 g/mol. The Morgan fingerprint density at radius 2 is 1.83 bits per heavy atom. The minimum Gasteiger partial charge on any atom is -0.260 e. The zero-order valence-electron chi connectivity index (χ0n) is 10.6. The second-order valence-corrected chi connectivity index (χ2v) is 4.02. The molecule has 0 saturated heterocycles. The van der Waals surface area contributed by atoms with E-state index in [9.17, 15) is 0 Å². The number of aromatic nitrogens is 1. The molecule has 18 heavy (non-hydrogen) atoms. The van der Waals surface area contributed by atoms with Crippen LogP contribution in [0, 0.1) is 0 Å². The van der Waals surface area contributed by atoms with Gasteiger partial charge in [0.2, 0.25) is 0 Å². The van der Waals surface area contributed by atoms with Gasteiger partial charge < -0.3 is 0 Å². The smallest absolute Gasteiger partial charge is 0.0519 e. The van der Waals surface area contributed by atoms with E-state index in [1.54, 1.807) is 0 Å². The lowest BCUT2D eigenvalue weighted by atomic mass is 10.0. The van der Waals surface area contributed by atoms with Crippen LogP contribution < -0.4 is 0 Å². The number of hydrogen-bond donors (Lipinski definition) is 0. The van der Waals surface area contributed by atoms with E-state index in [0.29, 0.717) is 0 Å². The van der Waals surface area contributed by atoms with Crippen LogP contribution in [0.4, 0.5) is 0 Å². The lowest BCUT2D eigenvalue weighted by Gasteiger charge is -2.06. The molecule has 0 atom stereocenters. The van der Waals surface area contributed by atoms with Crippen LogP contribution in [0.1, 0.15) is 12.6 Å². The van der Waals surface area contributed by atoms with Crippen LogP contribution in [0.5, 0.6) is 0 Å². The van der Waals surface area contributed by atoms with E-state index in [1.165, 1.54) is 11.1 Å². The second kappa shape index (κ2) is 6.55. The topological polar surface area (TPSA) is 12.9 Å². The minimum atomic E-state index is 0.857. The maximum absolute atomic E-state index is 4.48. The molecule has 0 fully saturated rings. The van der Waals surface area contributed by atoms with Gasteiger partial charge in [-0.2, -0.15) is 0 Å². The summed E-state index contributed by atoms with van der Waals surface area (Å²) in [5.74, 6) is 0. The van der Waals surface area contributed by atoms with E-state index in [2.05, 4.69) is 47.5 Å². The third-order valence-corrected chi connectivity index (χ3v) is 2.73. The van der Waals surface area contributed by atoms with Gasteiger partial charge in [0.1, 0.15) is 0 Å². The van der Waals surface area contributed by atoms with E-state index >= 15 is 0 Å². The summed E-state index contributed by atoms with van der Waals surface area (Å²) in [6, 6.07) is 14.5. The summed E-state index contributed by atoms with van der Waals surface area (Å²) in [6.07, 6.45) is 11.0. The van der Waals surface area contributed by atoms with Gasteiger partial charge in [0, 0.05) is 18.2 Å². The Morgan fingerprint density at radius 3 is 2.61 bits per heavy atom. The van der Waals surface area contributed by atoms with Crippen molar-refractivity contribution in [1.29, 1.82) is 0 Å². The van der Waals surface area contributed by atoms with Crippen molar-refractivity contribution in [3.8, 4) is 11.1 Å². The average molecular weight is 235 g/mol. The molecule has 2 rings (SSSR count). The zero-order chi connectivity index (χ0) is 12.6. The summed E-state index contributed by atoms with van der Waals surface area (Å²) in [5.41, 5.74) is 3.55. The van der Waals surface area contributed by atoms with E-state index in [4.69, 9.17) is 0 Å². The standard InChI is InChI=1S/C17H17N/c1-2-3-4-8-13-17-16(12-9-14-18-17)15-10-6-5-7-11-15/h2-12,14H,13H2,1H3/b3-2-,8-4-. The largest absolute Gasteiger partial charge is 0.260 e. The van der Waals surface area contributed by atoms with Crippen LogP contribution in [0.15, 0.2) is 73.0 Å². The van der Waals surface area contributed by atoms with Crippen molar-refractivity contribution in [3.05, 3.63) is 78.7 Å². The number of benzene rings is 1. The molecule has 0 amide bonds. The third-order valence-electron chi connectivity index (χ3n) is 2.73. The van der Waals surface area contributed by atoms with Gasteiger partial charge in [-0.15, -0.1) is 0 Å². The summed E-state index contributed by atoms with van der Waals surface area (Å²) >= 11 is 0. The molecule has 0 saturated carbocycles. The van der Waals surface area contributed by atoms with Gasteiger partial charge in [0.25, 0.3) is 0 Å². The molecule has 0 N–H and O–H groups in total. The molecule has 0 bridgehead atoms. The van der Waals surface area contributed by atoms with Crippen LogP contribution in [-0.4, -0.2) is 4.98 Å². The molecule has 0 spiro atoms. The minimum absolute atomic E-state index is 0.857. The van der Waals surface area contributed by atoms with Crippen LogP contribution in [-0.2, 0) is 6.42 Å². The first-order chi connectivity index (χ1) is 8.92. The van der Waals surface area contributed by atoms with E-state index in [1.807, 2.05) is 37.4 Å². The molecule has 0 aliphatic heterocycles. The van der Waals surface area contributed by atoms with Crippen molar-refractivity contribution in [2.45, 2.75) is 13.3 Å². The maximum atomic E-state index is 4.48. The molecule has 0 aliphatic rings. The average Bonchev–Trinajstić information content (AvgIpc) is 2.45. The van der Waals surface area contributed by atoms with Crippen LogP contribution in [0.25, 0.3) is 11.1 Å².